The largest absolute Gasteiger partial charge is 0.346 e. The van der Waals surface area contributed by atoms with Crippen molar-refractivity contribution in [3.05, 3.63) is 65.7 Å². The van der Waals surface area contributed by atoms with Crippen molar-refractivity contribution in [1.82, 2.24) is 15.3 Å². The van der Waals surface area contributed by atoms with Crippen LogP contribution in [-0.4, -0.2) is 9.97 Å². The molecule has 2 aromatic heterocycles. The van der Waals surface area contributed by atoms with Crippen molar-refractivity contribution in [2.75, 3.05) is 0 Å². The summed E-state index contributed by atoms with van der Waals surface area (Å²) in [6.45, 7) is 2.74. The number of aromatic amines is 1. The molecule has 0 amide bonds. The number of nitrogens with zero attached hydrogens (tertiary/aromatic N) is 1. The molecule has 0 spiro atoms. The summed E-state index contributed by atoms with van der Waals surface area (Å²) < 4.78 is 13.2. The maximum atomic E-state index is 13.2. The Labute approximate surface area is 116 Å². The molecule has 3 rings (SSSR count). The third-order valence-corrected chi connectivity index (χ3v) is 3.48. The second-order valence-corrected chi connectivity index (χ2v) is 4.87. The van der Waals surface area contributed by atoms with Gasteiger partial charge in [0.15, 0.2) is 0 Å². The minimum atomic E-state index is -0.201. The normalized spacial score (nSPS) is 12.7. The maximum absolute atomic E-state index is 13.2. The number of aromatic nitrogens is 2. The van der Waals surface area contributed by atoms with E-state index in [4.69, 9.17) is 0 Å². The van der Waals surface area contributed by atoms with Crippen molar-refractivity contribution in [1.29, 1.82) is 0 Å². The smallest absolute Gasteiger partial charge is 0.137 e. The van der Waals surface area contributed by atoms with E-state index in [2.05, 4.69) is 15.3 Å². The van der Waals surface area contributed by atoms with Crippen LogP contribution in [0.5, 0.6) is 0 Å². The van der Waals surface area contributed by atoms with E-state index in [1.54, 1.807) is 18.3 Å². The molecule has 0 saturated heterocycles. The molecule has 1 atom stereocenters. The van der Waals surface area contributed by atoms with E-state index in [-0.39, 0.29) is 11.9 Å². The number of fused-ring (bicyclic) bond motifs is 1. The van der Waals surface area contributed by atoms with Gasteiger partial charge >= 0.3 is 0 Å². The number of rotatable bonds is 4. The fourth-order valence-corrected chi connectivity index (χ4v) is 2.32. The summed E-state index contributed by atoms with van der Waals surface area (Å²) in [7, 11) is 0. The fraction of sp³-hybridized carbons (Fsp3) is 0.188. The zero-order valence-corrected chi connectivity index (χ0v) is 11.2. The van der Waals surface area contributed by atoms with Crippen LogP contribution in [0.4, 0.5) is 4.39 Å². The topological polar surface area (TPSA) is 40.7 Å². The van der Waals surface area contributed by atoms with Crippen molar-refractivity contribution in [2.45, 2.75) is 19.5 Å². The van der Waals surface area contributed by atoms with E-state index in [1.807, 2.05) is 31.3 Å². The highest BCUT2D eigenvalue weighted by molar-refractivity contribution is 5.79. The van der Waals surface area contributed by atoms with Gasteiger partial charge in [0.2, 0.25) is 0 Å². The summed E-state index contributed by atoms with van der Waals surface area (Å²) in [6, 6.07) is 10.7. The molecule has 0 aliphatic carbocycles. The molecule has 4 heteroatoms. The molecular weight excluding hydrogens is 253 g/mol. The molecule has 0 fully saturated rings. The number of pyridine rings is 1. The Morgan fingerprint density at radius 2 is 2.20 bits per heavy atom. The average Bonchev–Trinajstić information content (AvgIpc) is 2.88. The van der Waals surface area contributed by atoms with Gasteiger partial charge in [-0.25, -0.2) is 9.37 Å². The van der Waals surface area contributed by atoms with Crippen LogP contribution in [0.2, 0.25) is 0 Å². The van der Waals surface area contributed by atoms with Crippen molar-refractivity contribution in [3.63, 3.8) is 0 Å². The zero-order chi connectivity index (χ0) is 13.9. The number of hydrogen-bond acceptors (Lipinski definition) is 2. The average molecular weight is 269 g/mol. The van der Waals surface area contributed by atoms with Gasteiger partial charge in [-0.1, -0.05) is 12.1 Å². The first-order chi connectivity index (χ1) is 9.74. The summed E-state index contributed by atoms with van der Waals surface area (Å²) in [6.07, 6.45) is 3.73. The summed E-state index contributed by atoms with van der Waals surface area (Å²) in [5.41, 5.74) is 3.00. The summed E-state index contributed by atoms with van der Waals surface area (Å²) in [5.74, 6) is -0.201. The molecule has 0 aliphatic heterocycles. The highest BCUT2D eigenvalue weighted by Gasteiger charge is 2.08. The molecule has 0 radical (unpaired) electrons. The van der Waals surface area contributed by atoms with Crippen LogP contribution in [0.15, 0.2) is 48.8 Å². The van der Waals surface area contributed by atoms with E-state index < -0.39 is 0 Å². The molecular formula is C16H16FN3. The molecule has 3 aromatic rings. The van der Waals surface area contributed by atoms with Crippen molar-refractivity contribution in [3.8, 4) is 0 Å². The number of nitrogens with one attached hydrogen (secondary N) is 2. The second-order valence-electron chi connectivity index (χ2n) is 4.87. The van der Waals surface area contributed by atoms with Crippen LogP contribution in [0.3, 0.4) is 0 Å². The predicted molar refractivity (Wildman–Crippen MR) is 77.7 cm³/mol. The van der Waals surface area contributed by atoms with Crippen molar-refractivity contribution >= 4 is 11.0 Å². The lowest BCUT2D eigenvalue weighted by atomic mass is 10.1. The highest BCUT2D eigenvalue weighted by atomic mass is 19.1. The number of halogens is 1. The van der Waals surface area contributed by atoms with Crippen LogP contribution >= 0.6 is 0 Å². The Hall–Kier alpha value is -2.20. The van der Waals surface area contributed by atoms with Gasteiger partial charge in [0.25, 0.3) is 0 Å². The number of hydrogen-bond donors (Lipinski definition) is 2. The lowest BCUT2D eigenvalue weighted by molar-refractivity contribution is 0.566. The molecule has 0 bridgehead atoms. The SMILES string of the molecule is C[C@H](NCc1c[nH]c2ncccc12)c1cccc(F)c1. The molecule has 0 saturated carbocycles. The van der Waals surface area contributed by atoms with Crippen LogP contribution in [0.25, 0.3) is 11.0 Å². The van der Waals surface area contributed by atoms with Gasteiger partial charge in [0.1, 0.15) is 11.5 Å². The Bertz CT molecular complexity index is 720. The van der Waals surface area contributed by atoms with Gasteiger partial charge in [-0.2, -0.15) is 0 Å². The van der Waals surface area contributed by atoms with E-state index in [0.29, 0.717) is 6.54 Å². The minimum absolute atomic E-state index is 0.0901. The van der Waals surface area contributed by atoms with E-state index >= 15 is 0 Å². The van der Waals surface area contributed by atoms with Crippen molar-refractivity contribution < 1.29 is 4.39 Å². The van der Waals surface area contributed by atoms with Gasteiger partial charge in [-0.05, 0) is 42.3 Å². The molecule has 1 aromatic carbocycles. The minimum Gasteiger partial charge on any atom is -0.346 e. The molecule has 20 heavy (non-hydrogen) atoms. The lowest BCUT2D eigenvalue weighted by Crippen LogP contribution is -2.18. The summed E-state index contributed by atoms with van der Waals surface area (Å²) in [4.78, 5) is 7.42. The molecule has 3 nitrogen and oxygen atoms in total. The molecule has 2 N–H and O–H groups in total. The molecule has 2 heterocycles. The van der Waals surface area contributed by atoms with Gasteiger partial charge < -0.3 is 10.3 Å². The van der Waals surface area contributed by atoms with Crippen LogP contribution < -0.4 is 5.32 Å². The zero-order valence-electron chi connectivity index (χ0n) is 11.2. The van der Waals surface area contributed by atoms with Crippen molar-refractivity contribution in [2.24, 2.45) is 0 Å². The van der Waals surface area contributed by atoms with E-state index in [1.165, 1.54) is 6.07 Å². The van der Waals surface area contributed by atoms with E-state index in [9.17, 15) is 4.39 Å². The van der Waals surface area contributed by atoms with Gasteiger partial charge in [-0.15, -0.1) is 0 Å². The van der Waals surface area contributed by atoms with Crippen LogP contribution in [-0.2, 0) is 6.54 Å². The molecule has 102 valence electrons. The molecule has 0 unspecified atom stereocenters. The fourth-order valence-electron chi connectivity index (χ4n) is 2.32. The van der Waals surface area contributed by atoms with Gasteiger partial charge in [-0.3, -0.25) is 0 Å². The Kier molecular flexibility index (Phi) is 3.48. The third kappa shape index (κ3) is 2.56. The first-order valence-corrected chi connectivity index (χ1v) is 6.64. The third-order valence-electron chi connectivity index (χ3n) is 3.48. The van der Waals surface area contributed by atoms with Crippen LogP contribution in [0, 0.1) is 5.82 Å². The highest BCUT2D eigenvalue weighted by Crippen LogP contribution is 2.18. The standard InChI is InChI=1S/C16H16FN3/c1-11(12-4-2-5-14(17)8-12)19-9-13-10-20-16-15(13)6-3-7-18-16/h2-8,10-11,19H,9H2,1H3,(H,18,20)/t11-/m0/s1. The van der Waals surface area contributed by atoms with E-state index in [0.717, 1.165) is 22.2 Å². The summed E-state index contributed by atoms with van der Waals surface area (Å²) >= 11 is 0. The number of benzene rings is 1. The Morgan fingerprint density at radius 1 is 1.30 bits per heavy atom. The van der Waals surface area contributed by atoms with Crippen LogP contribution in [0.1, 0.15) is 24.1 Å². The van der Waals surface area contributed by atoms with Gasteiger partial charge in [0, 0.05) is 30.4 Å². The van der Waals surface area contributed by atoms with Gasteiger partial charge in [0.05, 0.1) is 0 Å². The number of H-pyrrole nitrogens is 1. The molecule has 0 aliphatic rings. The quantitative estimate of drug-likeness (QED) is 0.760. The maximum Gasteiger partial charge on any atom is 0.137 e. The summed E-state index contributed by atoms with van der Waals surface area (Å²) in [5, 5.41) is 4.52. The first-order valence-electron chi connectivity index (χ1n) is 6.64. The first kappa shape index (κ1) is 12.8. The monoisotopic (exact) mass is 269 g/mol. The second kappa shape index (κ2) is 5.43. The Morgan fingerprint density at radius 3 is 3.05 bits per heavy atom. The lowest BCUT2D eigenvalue weighted by Gasteiger charge is -2.14. The Balaban J connectivity index is 1.73. The predicted octanol–water partition coefficient (Wildman–Crippen LogP) is 3.55.